The lowest BCUT2D eigenvalue weighted by Gasteiger charge is -2.19. The molecule has 3 aromatic heterocycles. The van der Waals surface area contributed by atoms with Crippen molar-refractivity contribution in [1.29, 1.82) is 0 Å². The topological polar surface area (TPSA) is 124 Å². The summed E-state index contributed by atoms with van der Waals surface area (Å²) >= 11 is 1.28. The van der Waals surface area contributed by atoms with Gasteiger partial charge in [0.15, 0.2) is 0 Å². The van der Waals surface area contributed by atoms with Gasteiger partial charge in [-0.05, 0) is 79.0 Å². The largest absolute Gasteiger partial charge is 0.421 e. The van der Waals surface area contributed by atoms with Gasteiger partial charge in [-0.3, -0.25) is 14.6 Å². The van der Waals surface area contributed by atoms with Crippen LogP contribution in [0.4, 0.5) is 4.39 Å². The highest BCUT2D eigenvalue weighted by Crippen LogP contribution is 2.42. The molecule has 0 bridgehead atoms. The monoisotopic (exact) mass is 623 g/mol. The third-order valence-corrected chi connectivity index (χ3v) is 9.11. The van der Waals surface area contributed by atoms with Gasteiger partial charge in [-0.15, -0.1) is 21.5 Å². The Kier molecular flexibility index (Phi) is 8.58. The standard InChI is InChI=1S/C35H34FN5O3S/c1-19(2)18-27-30(33(37)42)32(28-16-17-29(45-28)34(43)39-25-15-11-22-6-4-5-7-24(22)25)31(35-41-40-20(3)44-35)26(38-27)14-10-21-8-12-23(36)13-9-21/h4-9,12-13,16-17,19,25H,10-11,14-15,18H2,1-3H3,(H2,37,42)(H,39,43). The van der Waals surface area contributed by atoms with Crippen LogP contribution in [0.3, 0.4) is 0 Å². The molecule has 3 heterocycles. The van der Waals surface area contributed by atoms with Crippen molar-refractivity contribution in [3.63, 3.8) is 0 Å². The number of primary amides is 1. The van der Waals surface area contributed by atoms with E-state index in [0.29, 0.717) is 57.4 Å². The molecular weight excluding hydrogens is 589 g/mol. The molecule has 45 heavy (non-hydrogen) atoms. The maximum atomic E-state index is 13.6. The Labute approximate surface area is 264 Å². The molecule has 8 nitrogen and oxygen atoms in total. The number of nitrogens with zero attached hydrogens (tertiary/aromatic N) is 3. The highest BCUT2D eigenvalue weighted by molar-refractivity contribution is 7.17. The second-order valence-corrected chi connectivity index (χ2v) is 12.9. The molecule has 3 N–H and O–H groups in total. The van der Waals surface area contributed by atoms with E-state index in [1.165, 1.54) is 29.0 Å². The average Bonchev–Trinajstić information content (AvgIpc) is 3.76. The number of amides is 2. The number of hydrogen-bond acceptors (Lipinski definition) is 7. The summed E-state index contributed by atoms with van der Waals surface area (Å²) in [6.07, 6.45) is 3.29. The number of pyridine rings is 1. The quantitative estimate of drug-likeness (QED) is 0.176. The van der Waals surface area contributed by atoms with Crippen LogP contribution in [-0.2, 0) is 25.7 Å². The van der Waals surface area contributed by atoms with Gasteiger partial charge < -0.3 is 15.5 Å². The molecule has 0 aliphatic heterocycles. The van der Waals surface area contributed by atoms with E-state index in [2.05, 4.69) is 27.6 Å². The average molecular weight is 624 g/mol. The van der Waals surface area contributed by atoms with Gasteiger partial charge in [0.05, 0.1) is 33.4 Å². The fourth-order valence-electron chi connectivity index (χ4n) is 5.99. The zero-order chi connectivity index (χ0) is 31.7. The Hall–Kier alpha value is -4.70. The summed E-state index contributed by atoms with van der Waals surface area (Å²) in [6, 6.07) is 18.1. The molecule has 2 aromatic carbocycles. The highest BCUT2D eigenvalue weighted by atomic mass is 32.1. The van der Waals surface area contributed by atoms with E-state index in [1.807, 2.05) is 32.0 Å². The Morgan fingerprint density at radius 3 is 2.51 bits per heavy atom. The number of thiophene rings is 1. The van der Waals surface area contributed by atoms with Crippen LogP contribution in [0.15, 0.2) is 65.1 Å². The van der Waals surface area contributed by atoms with Crippen molar-refractivity contribution in [2.24, 2.45) is 11.7 Å². The zero-order valence-corrected chi connectivity index (χ0v) is 26.2. The molecule has 1 aliphatic rings. The summed E-state index contributed by atoms with van der Waals surface area (Å²) in [5.74, 6) is -0.362. The fourth-order valence-corrected chi connectivity index (χ4v) is 6.95. The summed E-state index contributed by atoms with van der Waals surface area (Å²) in [7, 11) is 0. The minimum absolute atomic E-state index is 0.0611. The Morgan fingerprint density at radius 1 is 1.02 bits per heavy atom. The Balaban J connectivity index is 1.45. The van der Waals surface area contributed by atoms with Crippen LogP contribution in [0.25, 0.3) is 21.9 Å². The van der Waals surface area contributed by atoms with Crippen molar-refractivity contribution < 1.29 is 18.4 Å². The van der Waals surface area contributed by atoms with Gasteiger partial charge >= 0.3 is 0 Å². The van der Waals surface area contributed by atoms with Crippen LogP contribution in [0.1, 0.15) is 80.3 Å². The van der Waals surface area contributed by atoms with Gasteiger partial charge in [-0.2, -0.15) is 0 Å². The Bertz CT molecular complexity index is 1880. The van der Waals surface area contributed by atoms with Gasteiger partial charge in [0.2, 0.25) is 11.8 Å². The molecule has 230 valence electrons. The maximum absolute atomic E-state index is 13.6. The Morgan fingerprint density at radius 2 is 1.80 bits per heavy atom. The van der Waals surface area contributed by atoms with Crippen molar-refractivity contribution in [2.45, 2.75) is 58.9 Å². The van der Waals surface area contributed by atoms with Gasteiger partial charge in [-0.1, -0.05) is 50.2 Å². The van der Waals surface area contributed by atoms with Gasteiger partial charge in [0.1, 0.15) is 5.82 Å². The third-order valence-electron chi connectivity index (χ3n) is 8.01. The number of aromatic nitrogens is 3. The number of benzene rings is 2. The summed E-state index contributed by atoms with van der Waals surface area (Å²) < 4.78 is 19.5. The lowest BCUT2D eigenvalue weighted by molar-refractivity contribution is 0.0939. The number of fused-ring (bicyclic) bond motifs is 1. The summed E-state index contributed by atoms with van der Waals surface area (Å²) in [5.41, 5.74) is 11.9. The van der Waals surface area contributed by atoms with Crippen LogP contribution in [0.2, 0.25) is 0 Å². The highest BCUT2D eigenvalue weighted by Gasteiger charge is 2.30. The van der Waals surface area contributed by atoms with E-state index in [4.69, 9.17) is 15.1 Å². The number of aryl methyl sites for hydroxylation is 4. The molecule has 0 saturated carbocycles. The predicted molar refractivity (Wildman–Crippen MR) is 171 cm³/mol. The number of hydrogen-bond donors (Lipinski definition) is 2. The molecule has 0 saturated heterocycles. The lowest BCUT2D eigenvalue weighted by Crippen LogP contribution is -2.26. The second kappa shape index (κ2) is 12.7. The molecule has 1 aliphatic carbocycles. The van der Waals surface area contributed by atoms with Gasteiger partial charge in [-0.25, -0.2) is 4.39 Å². The van der Waals surface area contributed by atoms with Crippen molar-refractivity contribution in [1.82, 2.24) is 20.5 Å². The van der Waals surface area contributed by atoms with Crippen LogP contribution in [-0.4, -0.2) is 27.0 Å². The molecule has 6 rings (SSSR count). The van der Waals surface area contributed by atoms with Crippen molar-refractivity contribution in [2.75, 3.05) is 0 Å². The smallest absolute Gasteiger partial charge is 0.261 e. The third kappa shape index (κ3) is 6.42. The summed E-state index contributed by atoms with van der Waals surface area (Å²) in [5, 5.41) is 11.6. The molecule has 2 amide bonds. The van der Waals surface area contributed by atoms with Crippen LogP contribution in [0, 0.1) is 18.7 Å². The first kappa shape index (κ1) is 30.3. The molecular formula is C35H34FN5O3S. The second-order valence-electron chi connectivity index (χ2n) is 11.8. The normalized spacial score (nSPS) is 14.1. The summed E-state index contributed by atoms with van der Waals surface area (Å²) in [4.78, 5) is 32.9. The first-order valence-electron chi connectivity index (χ1n) is 15.1. The fraction of sp³-hybridized carbons (Fsp3) is 0.286. The first-order valence-corrected chi connectivity index (χ1v) is 15.9. The lowest BCUT2D eigenvalue weighted by atomic mass is 9.91. The molecule has 1 unspecified atom stereocenters. The van der Waals surface area contributed by atoms with Gasteiger partial charge in [0.25, 0.3) is 11.8 Å². The van der Waals surface area contributed by atoms with Crippen LogP contribution < -0.4 is 11.1 Å². The minimum Gasteiger partial charge on any atom is -0.421 e. The summed E-state index contributed by atoms with van der Waals surface area (Å²) in [6.45, 7) is 5.79. The predicted octanol–water partition coefficient (Wildman–Crippen LogP) is 6.81. The molecule has 0 radical (unpaired) electrons. The molecule has 1 atom stereocenters. The minimum atomic E-state index is -0.627. The molecule has 0 spiro atoms. The number of rotatable bonds is 10. The molecule has 10 heteroatoms. The maximum Gasteiger partial charge on any atom is 0.261 e. The van der Waals surface area contributed by atoms with E-state index in [1.54, 1.807) is 25.1 Å². The van der Waals surface area contributed by atoms with Crippen molar-refractivity contribution in [3.8, 4) is 21.9 Å². The van der Waals surface area contributed by atoms with Crippen LogP contribution >= 0.6 is 11.3 Å². The van der Waals surface area contributed by atoms with Crippen LogP contribution in [0.5, 0.6) is 0 Å². The van der Waals surface area contributed by atoms with Gasteiger partial charge in [0, 0.05) is 17.4 Å². The van der Waals surface area contributed by atoms with E-state index >= 15 is 0 Å². The SMILES string of the molecule is Cc1nnc(-c2c(CCc3ccc(F)cc3)nc(CC(C)C)c(C(N)=O)c2-c2ccc(C(=O)NC3CCc4ccccc43)s2)o1. The number of carbonyl (C=O) groups is 2. The zero-order valence-electron chi connectivity index (χ0n) is 25.4. The number of nitrogens with one attached hydrogen (secondary N) is 1. The van der Waals surface area contributed by atoms with Crippen molar-refractivity contribution in [3.05, 3.63) is 111 Å². The number of halogens is 1. The van der Waals surface area contributed by atoms with E-state index < -0.39 is 5.91 Å². The van der Waals surface area contributed by atoms with E-state index in [9.17, 15) is 14.0 Å². The number of nitrogens with two attached hydrogens (primary N) is 1. The van der Waals surface area contributed by atoms with E-state index in [-0.39, 0.29) is 35.1 Å². The number of carbonyl (C=O) groups excluding carboxylic acids is 2. The molecule has 5 aromatic rings. The molecule has 0 fully saturated rings. The first-order chi connectivity index (χ1) is 21.7. The van der Waals surface area contributed by atoms with E-state index in [0.717, 1.165) is 24.0 Å². The van der Waals surface area contributed by atoms with Crippen molar-refractivity contribution >= 4 is 23.2 Å².